The van der Waals surface area contributed by atoms with Crippen molar-refractivity contribution in [1.82, 2.24) is 0 Å². The fraction of sp³-hybridized carbons (Fsp3) is 0.200. The minimum absolute atomic E-state index is 0.396. The monoisotopic (exact) mass is 367 g/mol. The van der Waals surface area contributed by atoms with Crippen LogP contribution in [0.15, 0.2) is 30.3 Å². The van der Waals surface area contributed by atoms with E-state index < -0.39 is 30.1 Å². The van der Waals surface area contributed by atoms with Gasteiger partial charge < -0.3 is 0 Å². The van der Waals surface area contributed by atoms with E-state index in [2.05, 4.69) is 0 Å². The minimum Gasteiger partial charge on any atom is -0.269 e. The highest BCUT2D eigenvalue weighted by atomic mass is 19.4. The molecule has 0 aliphatic rings. The second-order valence-electron chi connectivity index (χ2n) is 4.58. The fourth-order valence-corrected chi connectivity index (χ4v) is 1.67. The van der Waals surface area contributed by atoms with Crippen LogP contribution in [0.4, 0.5) is 39.5 Å². The Kier molecular flexibility index (Phi) is 5.76. The van der Waals surface area contributed by atoms with Gasteiger partial charge in [0.25, 0.3) is 0 Å². The summed E-state index contributed by atoms with van der Waals surface area (Å²) in [5.74, 6) is 6.14. The van der Waals surface area contributed by atoms with Crippen molar-refractivity contribution >= 4 is 11.6 Å². The first-order valence-corrected chi connectivity index (χ1v) is 6.27. The highest BCUT2D eigenvalue weighted by Crippen LogP contribution is 2.17. The van der Waals surface area contributed by atoms with Gasteiger partial charge in [0.2, 0.25) is 6.15 Å². The standard InChI is InChI=1S/C15H5BF9/c17-13(18,19)6-9-16(10-7-14(20,21)22,11-8-15(23,24)25)12-4-2-1-3-5-12/h1-5H/q-1. The molecule has 0 fully saturated rings. The summed E-state index contributed by atoms with van der Waals surface area (Å²) >= 11 is 0. The third-order valence-corrected chi connectivity index (χ3v) is 2.59. The smallest absolute Gasteiger partial charge is 0.269 e. The second-order valence-corrected chi connectivity index (χ2v) is 4.58. The number of rotatable bonds is 1. The molecule has 132 valence electrons. The average molecular weight is 367 g/mol. The van der Waals surface area contributed by atoms with Gasteiger partial charge >= 0.3 is 18.5 Å². The largest absolute Gasteiger partial charge is 0.454 e. The molecule has 0 aliphatic carbocycles. The van der Waals surface area contributed by atoms with Crippen molar-refractivity contribution in [2.45, 2.75) is 18.5 Å². The fourth-order valence-electron chi connectivity index (χ4n) is 1.67. The van der Waals surface area contributed by atoms with Crippen LogP contribution < -0.4 is 5.46 Å². The molecule has 0 bridgehead atoms. The Balaban J connectivity index is 3.76. The lowest BCUT2D eigenvalue weighted by molar-refractivity contribution is -0.0704. The van der Waals surface area contributed by atoms with Gasteiger partial charge in [-0.1, -0.05) is 30.3 Å². The Labute approximate surface area is 136 Å². The van der Waals surface area contributed by atoms with Crippen LogP contribution in [0.1, 0.15) is 0 Å². The van der Waals surface area contributed by atoms with Crippen molar-refractivity contribution in [3.63, 3.8) is 0 Å². The quantitative estimate of drug-likeness (QED) is 0.404. The molecule has 0 saturated carbocycles. The van der Waals surface area contributed by atoms with E-state index in [-0.39, 0.29) is 0 Å². The van der Waals surface area contributed by atoms with Gasteiger partial charge in [0.15, 0.2) is 0 Å². The van der Waals surface area contributed by atoms with Crippen molar-refractivity contribution in [2.75, 3.05) is 0 Å². The number of hydrogen-bond acceptors (Lipinski definition) is 0. The summed E-state index contributed by atoms with van der Waals surface area (Å²) in [7, 11) is 0. The first kappa shape index (κ1) is 20.4. The molecule has 0 aromatic heterocycles. The maximum Gasteiger partial charge on any atom is 0.454 e. The van der Waals surface area contributed by atoms with Crippen molar-refractivity contribution < 1.29 is 39.5 Å². The Morgan fingerprint density at radius 2 is 0.880 bits per heavy atom. The Bertz CT molecular complexity index is 703. The normalized spacial score (nSPS) is 12.0. The molecule has 0 amide bonds. The zero-order valence-corrected chi connectivity index (χ0v) is 11.9. The summed E-state index contributed by atoms with van der Waals surface area (Å²) in [6.45, 7) is 0. The summed E-state index contributed by atoms with van der Waals surface area (Å²) in [5, 5.41) is 0. The van der Waals surface area contributed by atoms with Crippen LogP contribution in [-0.4, -0.2) is 24.7 Å². The van der Waals surface area contributed by atoms with E-state index >= 15 is 0 Å². The van der Waals surface area contributed by atoms with Crippen LogP contribution >= 0.6 is 0 Å². The molecular weight excluding hydrogens is 362 g/mol. The third-order valence-electron chi connectivity index (χ3n) is 2.59. The molecule has 0 radical (unpaired) electrons. The van der Waals surface area contributed by atoms with Gasteiger partial charge in [0.1, 0.15) is 0 Å². The lowest BCUT2D eigenvalue weighted by Crippen LogP contribution is -2.46. The summed E-state index contributed by atoms with van der Waals surface area (Å²) in [4.78, 5) is 0. The predicted octanol–water partition coefficient (Wildman–Crippen LogP) is 3.66. The van der Waals surface area contributed by atoms with E-state index in [1.54, 1.807) is 0 Å². The number of alkyl halides is 9. The van der Waals surface area contributed by atoms with Crippen molar-refractivity contribution in [2.24, 2.45) is 0 Å². The number of hydrogen-bond donors (Lipinski definition) is 0. The predicted molar refractivity (Wildman–Crippen MR) is 73.3 cm³/mol. The van der Waals surface area contributed by atoms with Crippen LogP contribution in [0.25, 0.3) is 0 Å². The van der Waals surface area contributed by atoms with Gasteiger partial charge in [0, 0.05) is 0 Å². The molecule has 0 unspecified atom stereocenters. The van der Waals surface area contributed by atoms with E-state index in [4.69, 9.17) is 0 Å². The van der Waals surface area contributed by atoms with E-state index in [1.165, 1.54) is 35.7 Å². The summed E-state index contributed by atoms with van der Waals surface area (Å²) in [6.07, 6.45) is -19.2. The molecule has 25 heavy (non-hydrogen) atoms. The SMILES string of the molecule is FC(F)(F)C#C[B-](C#CC(F)(F)F)(C#CC(F)(F)F)c1ccccc1. The molecule has 1 aromatic carbocycles. The molecule has 0 atom stereocenters. The van der Waals surface area contributed by atoms with Crippen molar-refractivity contribution in [3.05, 3.63) is 30.3 Å². The lowest BCUT2D eigenvalue weighted by atomic mass is 9.23. The zero-order chi connectivity index (χ0) is 19.4. The maximum absolute atomic E-state index is 12.3. The zero-order valence-electron chi connectivity index (χ0n) is 11.9. The Hall–Kier alpha value is -2.67. The van der Waals surface area contributed by atoms with Gasteiger partial charge in [0.05, 0.1) is 0 Å². The molecule has 10 heteroatoms. The van der Waals surface area contributed by atoms with Gasteiger partial charge in [-0.15, -0.1) is 0 Å². The number of halogens is 9. The molecule has 0 nitrogen and oxygen atoms in total. The topological polar surface area (TPSA) is 0 Å². The van der Waals surface area contributed by atoms with Gasteiger partial charge in [-0.05, 0) is 17.8 Å². The van der Waals surface area contributed by atoms with Crippen LogP contribution in [0.2, 0.25) is 0 Å². The van der Waals surface area contributed by atoms with Gasteiger partial charge in [-0.3, -0.25) is 17.5 Å². The molecule has 0 aliphatic heterocycles. The lowest BCUT2D eigenvalue weighted by Gasteiger charge is -2.25. The van der Waals surface area contributed by atoms with Crippen molar-refractivity contribution in [1.29, 1.82) is 0 Å². The Morgan fingerprint density at radius 1 is 0.560 bits per heavy atom. The molecule has 0 spiro atoms. The second kappa shape index (κ2) is 7.07. The molecule has 1 rings (SSSR count). The minimum atomic E-state index is -5.15. The van der Waals surface area contributed by atoms with Crippen molar-refractivity contribution in [3.8, 4) is 35.2 Å². The molecule has 0 heterocycles. The molecule has 0 saturated heterocycles. The van der Waals surface area contributed by atoms with Gasteiger partial charge in [-0.25, -0.2) is 0 Å². The molecule has 1 aromatic rings. The van der Waals surface area contributed by atoms with Crippen LogP contribution in [0, 0.1) is 35.2 Å². The Morgan fingerprint density at radius 3 is 1.16 bits per heavy atom. The number of benzene rings is 1. The first-order chi connectivity index (χ1) is 11.2. The van der Waals surface area contributed by atoms with Crippen LogP contribution in [0.5, 0.6) is 0 Å². The van der Waals surface area contributed by atoms with Gasteiger partial charge in [-0.2, -0.15) is 45.0 Å². The van der Waals surface area contributed by atoms with E-state index in [9.17, 15) is 39.5 Å². The third kappa shape index (κ3) is 7.63. The van der Waals surface area contributed by atoms with E-state index in [1.807, 2.05) is 0 Å². The highest BCUT2D eigenvalue weighted by molar-refractivity contribution is 7.10. The summed E-state index contributed by atoms with van der Waals surface area (Å²) in [5.41, 5.74) is -0.396. The van der Waals surface area contributed by atoms with E-state index in [0.717, 1.165) is 12.1 Å². The maximum atomic E-state index is 12.3. The summed E-state index contributed by atoms with van der Waals surface area (Å²) in [6, 6.07) is 5.76. The average Bonchev–Trinajstić information content (AvgIpc) is 2.45. The highest BCUT2D eigenvalue weighted by Gasteiger charge is 2.29. The van der Waals surface area contributed by atoms with Crippen LogP contribution in [-0.2, 0) is 0 Å². The van der Waals surface area contributed by atoms with Crippen LogP contribution in [0.3, 0.4) is 0 Å². The first-order valence-electron chi connectivity index (χ1n) is 6.27. The van der Waals surface area contributed by atoms with E-state index in [0.29, 0.717) is 17.8 Å². The molecule has 0 N–H and O–H groups in total. The summed E-state index contributed by atoms with van der Waals surface area (Å²) < 4.78 is 111. The molecular formula is C15H5BF9-.